The van der Waals surface area contributed by atoms with E-state index in [4.69, 9.17) is 5.11 Å². The van der Waals surface area contributed by atoms with Crippen molar-refractivity contribution in [3.05, 3.63) is 68.8 Å². The van der Waals surface area contributed by atoms with E-state index in [-0.39, 0.29) is 18.4 Å². The summed E-state index contributed by atoms with van der Waals surface area (Å²) in [6.45, 7) is 4.84. The van der Waals surface area contributed by atoms with Gasteiger partial charge in [-0.15, -0.1) is 0 Å². The van der Waals surface area contributed by atoms with Gasteiger partial charge in [-0.05, 0) is 53.6 Å². The molecule has 3 rings (SSSR count). The normalized spacial score (nSPS) is 16.0. The molecule has 0 spiro atoms. The summed E-state index contributed by atoms with van der Waals surface area (Å²) in [6.07, 6.45) is 0.711. The molecule has 0 aliphatic carbocycles. The minimum atomic E-state index is -0.774. The largest absolute Gasteiger partial charge is 0.481 e. The number of aliphatic carboxylic acids is 1. The summed E-state index contributed by atoms with van der Waals surface area (Å²) < 4.78 is 0.964. The average molecular weight is 492 g/mol. The summed E-state index contributed by atoms with van der Waals surface area (Å²) in [4.78, 5) is 28.2. The lowest BCUT2D eigenvalue weighted by Gasteiger charge is -2.39. The second-order valence-corrected chi connectivity index (χ2v) is 8.33. The van der Waals surface area contributed by atoms with Gasteiger partial charge in [0.25, 0.3) is 5.91 Å². The van der Waals surface area contributed by atoms with Crippen molar-refractivity contribution in [2.24, 2.45) is 0 Å². The van der Waals surface area contributed by atoms with E-state index in [2.05, 4.69) is 51.8 Å². The Labute approximate surface area is 179 Å². The molecule has 5 nitrogen and oxygen atoms in total. The lowest BCUT2D eigenvalue weighted by atomic mass is 9.98. The first-order valence-electron chi connectivity index (χ1n) is 9.52. The Morgan fingerprint density at radius 2 is 1.68 bits per heavy atom. The van der Waals surface area contributed by atoms with Crippen LogP contribution < -0.4 is 0 Å². The van der Waals surface area contributed by atoms with Crippen LogP contribution in [0.4, 0.5) is 0 Å². The van der Waals surface area contributed by atoms with Crippen molar-refractivity contribution in [2.45, 2.75) is 25.8 Å². The lowest BCUT2D eigenvalue weighted by Crippen LogP contribution is -2.49. The Kier molecular flexibility index (Phi) is 7.07. The third kappa shape index (κ3) is 5.11. The topological polar surface area (TPSA) is 60.9 Å². The van der Waals surface area contributed by atoms with Gasteiger partial charge in [0.05, 0.1) is 5.56 Å². The number of hydrogen-bond donors (Lipinski definition) is 1. The number of halogens is 1. The summed E-state index contributed by atoms with van der Waals surface area (Å²) >= 11 is 2.20. The number of hydrogen-bond acceptors (Lipinski definition) is 3. The smallest absolute Gasteiger partial charge is 0.303 e. The molecule has 1 aliphatic heterocycles. The summed E-state index contributed by atoms with van der Waals surface area (Å²) in [7, 11) is 0. The highest BCUT2D eigenvalue weighted by atomic mass is 127. The molecular weight excluding hydrogens is 467 g/mol. The summed E-state index contributed by atoms with van der Waals surface area (Å²) in [5.41, 5.74) is 3.08. The highest BCUT2D eigenvalue weighted by Gasteiger charge is 2.28. The monoisotopic (exact) mass is 492 g/mol. The maximum atomic E-state index is 12.8. The molecule has 0 aromatic heterocycles. The van der Waals surface area contributed by atoms with Crippen molar-refractivity contribution < 1.29 is 14.7 Å². The standard InChI is InChI=1S/C22H25IN2O3/c1-16-6-8-17(9-7-16)20(10-11-21(26)27)24-12-14-25(15-13-24)22(28)18-4-2-3-5-19(18)23/h2-9,20H,10-15H2,1H3,(H,26,27)/t20-/m0/s1. The van der Waals surface area contributed by atoms with Crippen LogP contribution in [0, 0.1) is 10.5 Å². The molecule has 1 atom stereocenters. The molecule has 1 amide bonds. The summed E-state index contributed by atoms with van der Waals surface area (Å²) in [6, 6.07) is 16.0. The first-order valence-corrected chi connectivity index (χ1v) is 10.6. The van der Waals surface area contributed by atoms with E-state index in [1.165, 1.54) is 5.56 Å². The van der Waals surface area contributed by atoms with Gasteiger partial charge in [-0.25, -0.2) is 0 Å². The minimum Gasteiger partial charge on any atom is -0.481 e. The van der Waals surface area contributed by atoms with Crippen LogP contribution in [0.1, 0.15) is 40.4 Å². The number of amides is 1. The minimum absolute atomic E-state index is 0.0609. The van der Waals surface area contributed by atoms with Crippen molar-refractivity contribution >= 4 is 34.5 Å². The number of benzene rings is 2. The Hall–Kier alpha value is -1.93. The zero-order valence-corrected chi connectivity index (χ0v) is 18.1. The van der Waals surface area contributed by atoms with E-state index in [0.29, 0.717) is 19.5 Å². The molecule has 1 N–H and O–H groups in total. The molecule has 1 heterocycles. The fourth-order valence-electron chi connectivity index (χ4n) is 3.65. The fraction of sp³-hybridized carbons (Fsp3) is 0.364. The second-order valence-electron chi connectivity index (χ2n) is 7.17. The molecule has 0 bridgehead atoms. The van der Waals surface area contributed by atoms with Crippen molar-refractivity contribution in [3.8, 4) is 0 Å². The van der Waals surface area contributed by atoms with Crippen LogP contribution in [0.3, 0.4) is 0 Å². The van der Waals surface area contributed by atoms with Crippen molar-refractivity contribution in [3.63, 3.8) is 0 Å². The molecule has 2 aromatic rings. The third-order valence-corrected chi connectivity index (χ3v) is 6.18. The second kappa shape index (κ2) is 9.52. The molecule has 6 heteroatoms. The van der Waals surface area contributed by atoms with E-state index in [9.17, 15) is 9.59 Å². The molecule has 1 aliphatic rings. The van der Waals surface area contributed by atoms with Gasteiger partial charge in [0.1, 0.15) is 0 Å². The number of rotatable bonds is 6. The van der Waals surface area contributed by atoms with Gasteiger partial charge in [-0.3, -0.25) is 14.5 Å². The number of carbonyl (C=O) groups excluding carboxylic acids is 1. The zero-order valence-electron chi connectivity index (χ0n) is 16.0. The SMILES string of the molecule is Cc1ccc([C@H](CCC(=O)O)N2CCN(C(=O)c3ccccc3I)CC2)cc1. The Bertz CT molecular complexity index is 830. The molecule has 2 aromatic carbocycles. The van der Waals surface area contributed by atoms with Crippen LogP contribution in [0.15, 0.2) is 48.5 Å². The Balaban J connectivity index is 1.69. The van der Waals surface area contributed by atoms with Crippen LogP contribution >= 0.6 is 22.6 Å². The average Bonchev–Trinajstić information content (AvgIpc) is 2.69. The van der Waals surface area contributed by atoms with Crippen LogP contribution in [0.2, 0.25) is 0 Å². The predicted octanol–water partition coefficient (Wildman–Crippen LogP) is 3.96. The quantitative estimate of drug-likeness (QED) is 0.621. The van der Waals surface area contributed by atoms with Gasteiger partial charge in [-0.1, -0.05) is 42.0 Å². The van der Waals surface area contributed by atoms with E-state index in [1.54, 1.807) is 0 Å². The van der Waals surface area contributed by atoms with Crippen molar-refractivity contribution in [1.29, 1.82) is 0 Å². The molecule has 1 saturated heterocycles. The van der Waals surface area contributed by atoms with E-state index >= 15 is 0 Å². The van der Waals surface area contributed by atoms with E-state index in [0.717, 1.165) is 27.8 Å². The molecule has 0 saturated carbocycles. The van der Waals surface area contributed by atoms with Crippen LogP contribution in [-0.4, -0.2) is 53.0 Å². The van der Waals surface area contributed by atoms with Gasteiger partial charge in [0.15, 0.2) is 0 Å². The number of carboxylic acid groups (broad SMARTS) is 1. The van der Waals surface area contributed by atoms with Gasteiger partial charge in [0, 0.05) is 42.2 Å². The zero-order chi connectivity index (χ0) is 20.1. The molecule has 1 fully saturated rings. The molecule has 148 valence electrons. The number of carbonyl (C=O) groups is 2. The highest BCUT2D eigenvalue weighted by molar-refractivity contribution is 14.1. The van der Waals surface area contributed by atoms with Gasteiger partial charge in [0.2, 0.25) is 0 Å². The molecule has 28 heavy (non-hydrogen) atoms. The van der Waals surface area contributed by atoms with E-state index in [1.807, 2.05) is 36.1 Å². The van der Waals surface area contributed by atoms with Crippen LogP contribution in [0.25, 0.3) is 0 Å². The van der Waals surface area contributed by atoms with Crippen LogP contribution in [0.5, 0.6) is 0 Å². The van der Waals surface area contributed by atoms with Crippen LogP contribution in [-0.2, 0) is 4.79 Å². The number of aryl methyl sites for hydroxylation is 1. The van der Waals surface area contributed by atoms with Gasteiger partial charge >= 0.3 is 5.97 Å². The molecular formula is C22H25IN2O3. The van der Waals surface area contributed by atoms with Crippen molar-refractivity contribution in [1.82, 2.24) is 9.80 Å². The maximum Gasteiger partial charge on any atom is 0.303 e. The highest BCUT2D eigenvalue weighted by Crippen LogP contribution is 2.28. The fourth-order valence-corrected chi connectivity index (χ4v) is 4.27. The number of carboxylic acids is 1. The molecule has 0 radical (unpaired) electrons. The first-order chi connectivity index (χ1) is 13.5. The first kappa shape index (κ1) is 20.8. The Morgan fingerprint density at radius 1 is 1.04 bits per heavy atom. The lowest BCUT2D eigenvalue weighted by molar-refractivity contribution is -0.137. The van der Waals surface area contributed by atoms with Gasteiger partial charge < -0.3 is 10.0 Å². The number of piperazine rings is 1. The summed E-state index contributed by atoms with van der Waals surface area (Å²) in [5.74, 6) is -0.702. The van der Waals surface area contributed by atoms with Gasteiger partial charge in [-0.2, -0.15) is 0 Å². The number of nitrogens with zero attached hydrogens (tertiary/aromatic N) is 2. The third-order valence-electron chi connectivity index (χ3n) is 5.24. The molecule has 0 unspecified atom stereocenters. The Morgan fingerprint density at radius 3 is 2.29 bits per heavy atom. The van der Waals surface area contributed by atoms with Crippen molar-refractivity contribution in [2.75, 3.05) is 26.2 Å². The predicted molar refractivity (Wildman–Crippen MR) is 117 cm³/mol. The summed E-state index contributed by atoms with van der Waals surface area (Å²) in [5, 5.41) is 9.15. The van der Waals surface area contributed by atoms with E-state index < -0.39 is 5.97 Å². The maximum absolute atomic E-state index is 12.8.